The molecule has 0 amide bonds. The van der Waals surface area contributed by atoms with Gasteiger partial charge in [0.25, 0.3) is 6.43 Å². The number of carbonyl (C=O) groups is 1. The van der Waals surface area contributed by atoms with Crippen molar-refractivity contribution in [3.63, 3.8) is 0 Å². The zero-order valence-electron chi connectivity index (χ0n) is 9.86. The SMILES string of the molecule is O=C(O)c1c(C(F)F)nn(Cc2ccccc2Cl)c1Cl. The van der Waals surface area contributed by atoms with Crippen LogP contribution in [0.15, 0.2) is 24.3 Å². The van der Waals surface area contributed by atoms with Crippen molar-refractivity contribution in [3.8, 4) is 0 Å². The second-order valence-corrected chi connectivity index (χ2v) is 4.67. The van der Waals surface area contributed by atoms with Crippen LogP contribution < -0.4 is 0 Å². The van der Waals surface area contributed by atoms with Gasteiger partial charge in [0.05, 0.1) is 6.54 Å². The monoisotopic (exact) mass is 320 g/mol. The fraction of sp³-hybridized carbons (Fsp3) is 0.167. The number of hydrogen-bond acceptors (Lipinski definition) is 2. The quantitative estimate of drug-likeness (QED) is 0.930. The molecule has 0 saturated heterocycles. The van der Waals surface area contributed by atoms with Crippen LogP contribution in [0, 0.1) is 0 Å². The van der Waals surface area contributed by atoms with E-state index in [1.807, 2.05) is 0 Å². The first kappa shape index (κ1) is 14.7. The predicted molar refractivity (Wildman–Crippen MR) is 69.7 cm³/mol. The number of rotatable bonds is 4. The molecule has 1 heterocycles. The van der Waals surface area contributed by atoms with E-state index in [-0.39, 0.29) is 11.7 Å². The maximum absolute atomic E-state index is 12.8. The Hall–Kier alpha value is -1.66. The van der Waals surface area contributed by atoms with Crippen molar-refractivity contribution in [2.24, 2.45) is 0 Å². The highest BCUT2D eigenvalue weighted by molar-refractivity contribution is 6.33. The lowest BCUT2D eigenvalue weighted by Gasteiger charge is -2.05. The number of carboxylic acid groups (broad SMARTS) is 1. The molecule has 1 aromatic carbocycles. The molecule has 2 aromatic rings. The first-order chi connectivity index (χ1) is 9.41. The van der Waals surface area contributed by atoms with Crippen LogP contribution in [0.25, 0.3) is 0 Å². The van der Waals surface area contributed by atoms with E-state index in [2.05, 4.69) is 5.10 Å². The van der Waals surface area contributed by atoms with Crippen molar-refractivity contribution in [3.05, 3.63) is 51.3 Å². The number of halogens is 4. The minimum atomic E-state index is -3.02. The maximum Gasteiger partial charge on any atom is 0.341 e. The van der Waals surface area contributed by atoms with Crippen LogP contribution in [0.1, 0.15) is 28.0 Å². The summed E-state index contributed by atoms with van der Waals surface area (Å²) in [6.07, 6.45) is -3.02. The van der Waals surface area contributed by atoms with Gasteiger partial charge in [0, 0.05) is 5.02 Å². The number of hydrogen-bond donors (Lipinski definition) is 1. The van der Waals surface area contributed by atoms with Gasteiger partial charge in [0.2, 0.25) is 0 Å². The summed E-state index contributed by atoms with van der Waals surface area (Å²) in [5.41, 5.74) is -0.945. The summed E-state index contributed by atoms with van der Waals surface area (Å²) in [5, 5.41) is 12.6. The van der Waals surface area contributed by atoms with Crippen LogP contribution in [-0.2, 0) is 6.54 Å². The van der Waals surface area contributed by atoms with E-state index in [4.69, 9.17) is 28.3 Å². The van der Waals surface area contributed by atoms with Gasteiger partial charge in [-0.1, -0.05) is 41.4 Å². The number of aromatic nitrogens is 2. The molecule has 0 spiro atoms. The Balaban J connectivity index is 2.46. The minimum Gasteiger partial charge on any atom is -0.478 e. The molecule has 0 aliphatic rings. The van der Waals surface area contributed by atoms with Crippen molar-refractivity contribution in [1.82, 2.24) is 9.78 Å². The summed E-state index contributed by atoms with van der Waals surface area (Å²) in [6, 6.07) is 6.72. The Morgan fingerprint density at radius 2 is 2.00 bits per heavy atom. The Morgan fingerprint density at radius 1 is 1.35 bits per heavy atom. The smallest absolute Gasteiger partial charge is 0.341 e. The van der Waals surface area contributed by atoms with Gasteiger partial charge in [-0.2, -0.15) is 5.10 Å². The second-order valence-electron chi connectivity index (χ2n) is 3.91. The van der Waals surface area contributed by atoms with E-state index < -0.39 is 23.7 Å². The fourth-order valence-corrected chi connectivity index (χ4v) is 2.17. The third-order valence-electron chi connectivity index (χ3n) is 2.62. The van der Waals surface area contributed by atoms with Gasteiger partial charge in [-0.3, -0.25) is 0 Å². The van der Waals surface area contributed by atoms with Crippen molar-refractivity contribution < 1.29 is 18.7 Å². The molecule has 8 heteroatoms. The molecule has 2 rings (SSSR count). The van der Waals surface area contributed by atoms with Gasteiger partial charge < -0.3 is 5.11 Å². The average molecular weight is 321 g/mol. The molecular formula is C12H8Cl2F2N2O2. The fourth-order valence-electron chi connectivity index (χ4n) is 1.70. The molecule has 0 fully saturated rings. The number of aromatic carboxylic acids is 1. The Kier molecular flexibility index (Phi) is 4.25. The van der Waals surface area contributed by atoms with Crippen LogP contribution in [0.4, 0.5) is 8.78 Å². The number of carboxylic acids is 1. The third kappa shape index (κ3) is 2.76. The van der Waals surface area contributed by atoms with E-state index in [1.54, 1.807) is 24.3 Å². The summed E-state index contributed by atoms with van der Waals surface area (Å²) < 4.78 is 26.5. The Bertz CT molecular complexity index is 659. The van der Waals surface area contributed by atoms with Gasteiger partial charge in [-0.15, -0.1) is 0 Å². The Morgan fingerprint density at radius 3 is 2.50 bits per heavy atom. The molecule has 106 valence electrons. The predicted octanol–water partition coefficient (Wildman–Crippen LogP) is 3.87. The highest BCUT2D eigenvalue weighted by atomic mass is 35.5. The van der Waals surface area contributed by atoms with Crippen molar-refractivity contribution in [2.75, 3.05) is 0 Å². The number of nitrogens with zero attached hydrogens (tertiary/aromatic N) is 2. The first-order valence-corrected chi connectivity index (χ1v) is 6.18. The molecule has 0 atom stereocenters. The lowest BCUT2D eigenvalue weighted by molar-refractivity contribution is 0.0684. The van der Waals surface area contributed by atoms with Crippen molar-refractivity contribution in [1.29, 1.82) is 0 Å². The summed E-state index contributed by atoms with van der Waals surface area (Å²) in [4.78, 5) is 11.0. The van der Waals surface area contributed by atoms with Crippen LogP contribution in [0.2, 0.25) is 10.2 Å². The van der Waals surface area contributed by atoms with E-state index in [9.17, 15) is 13.6 Å². The van der Waals surface area contributed by atoms with E-state index in [0.717, 1.165) is 4.68 Å². The van der Waals surface area contributed by atoms with Crippen LogP contribution >= 0.6 is 23.2 Å². The van der Waals surface area contributed by atoms with Gasteiger partial charge >= 0.3 is 5.97 Å². The maximum atomic E-state index is 12.8. The minimum absolute atomic E-state index is 0.00546. The van der Waals surface area contributed by atoms with Gasteiger partial charge in [0.1, 0.15) is 16.4 Å². The normalized spacial score (nSPS) is 11.1. The number of benzene rings is 1. The standard InChI is InChI=1S/C12H8Cl2F2N2O2/c13-7-4-2-1-3-6(7)5-18-10(14)8(12(19)20)9(17-18)11(15)16/h1-4,11H,5H2,(H,19,20). The molecule has 0 radical (unpaired) electrons. The van der Waals surface area contributed by atoms with E-state index >= 15 is 0 Å². The third-order valence-corrected chi connectivity index (χ3v) is 3.37. The largest absolute Gasteiger partial charge is 0.478 e. The molecule has 4 nitrogen and oxygen atoms in total. The summed E-state index contributed by atoms with van der Waals surface area (Å²) in [5.74, 6) is -1.55. The molecule has 0 bridgehead atoms. The van der Waals surface area contributed by atoms with Crippen LogP contribution in [0.3, 0.4) is 0 Å². The van der Waals surface area contributed by atoms with Gasteiger partial charge in [0.15, 0.2) is 0 Å². The van der Waals surface area contributed by atoms with Gasteiger partial charge in [-0.25, -0.2) is 18.3 Å². The molecule has 0 aliphatic heterocycles. The molecule has 1 N–H and O–H groups in total. The summed E-state index contributed by atoms with van der Waals surface area (Å²) in [7, 11) is 0. The molecule has 0 saturated carbocycles. The van der Waals surface area contributed by atoms with Crippen molar-refractivity contribution in [2.45, 2.75) is 13.0 Å². The summed E-state index contributed by atoms with van der Waals surface area (Å²) >= 11 is 11.8. The van der Waals surface area contributed by atoms with E-state index in [0.29, 0.717) is 10.6 Å². The average Bonchev–Trinajstić information content (AvgIpc) is 2.70. The Labute approximate surface area is 122 Å². The highest BCUT2D eigenvalue weighted by Crippen LogP contribution is 2.29. The molecule has 20 heavy (non-hydrogen) atoms. The molecule has 1 aromatic heterocycles. The first-order valence-electron chi connectivity index (χ1n) is 5.43. The molecular weight excluding hydrogens is 313 g/mol. The zero-order valence-corrected chi connectivity index (χ0v) is 11.4. The molecule has 0 unspecified atom stereocenters. The van der Waals surface area contributed by atoms with Crippen LogP contribution in [0.5, 0.6) is 0 Å². The lowest BCUT2D eigenvalue weighted by atomic mass is 10.2. The second kappa shape index (κ2) is 5.76. The zero-order chi connectivity index (χ0) is 14.9. The van der Waals surface area contributed by atoms with Crippen molar-refractivity contribution >= 4 is 29.2 Å². The highest BCUT2D eigenvalue weighted by Gasteiger charge is 2.28. The topological polar surface area (TPSA) is 55.1 Å². The van der Waals surface area contributed by atoms with Crippen LogP contribution in [-0.4, -0.2) is 20.9 Å². The molecule has 0 aliphatic carbocycles. The number of alkyl halides is 2. The lowest BCUT2D eigenvalue weighted by Crippen LogP contribution is -2.03. The van der Waals surface area contributed by atoms with Gasteiger partial charge in [-0.05, 0) is 11.6 Å². The van der Waals surface area contributed by atoms with E-state index in [1.165, 1.54) is 0 Å². The summed E-state index contributed by atoms with van der Waals surface area (Å²) in [6.45, 7) is 0.00546.